The van der Waals surface area contributed by atoms with Crippen LogP contribution in [0.1, 0.15) is 16.7 Å². The van der Waals surface area contributed by atoms with E-state index in [4.69, 9.17) is 0 Å². The molecule has 94 valence electrons. The largest absolute Gasteiger partial charge is 0.380 e. The average Bonchev–Trinajstić information content (AvgIpc) is 2.34. The molecule has 0 fully saturated rings. The van der Waals surface area contributed by atoms with Crippen molar-refractivity contribution in [1.82, 2.24) is 0 Å². The van der Waals surface area contributed by atoms with Gasteiger partial charge in [-0.2, -0.15) is 0 Å². The Kier molecular flexibility index (Phi) is 4.46. The molecule has 2 rings (SSSR count). The first-order valence-corrected chi connectivity index (χ1v) is 7.40. The predicted octanol–water partition coefficient (Wildman–Crippen LogP) is 5.44. The molecule has 3 heteroatoms. The van der Waals surface area contributed by atoms with Crippen LogP contribution >= 0.6 is 31.9 Å². The van der Waals surface area contributed by atoms with Gasteiger partial charge in [-0.25, -0.2) is 0 Å². The summed E-state index contributed by atoms with van der Waals surface area (Å²) in [6.45, 7) is 5.01. The molecule has 0 spiro atoms. The quantitative estimate of drug-likeness (QED) is 0.760. The highest BCUT2D eigenvalue weighted by Gasteiger charge is 2.01. The number of hydrogen-bond donors (Lipinski definition) is 1. The Hall–Kier alpha value is -0.800. The second-order valence-electron chi connectivity index (χ2n) is 4.42. The molecule has 0 unspecified atom stereocenters. The Morgan fingerprint density at radius 1 is 0.944 bits per heavy atom. The summed E-state index contributed by atoms with van der Waals surface area (Å²) in [6.07, 6.45) is 0. The Balaban J connectivity index is 2.11. The first-order valence-electron chi connectivity index (χ1n) is 5.81. The number of benzene rings is 2. The minimum Gasteiger partial charge on any atom is -0.380 e. The van der Waals surface area contributed by atoms with Crippen LogP contribution in [-0.4, -0.2) is 0 Å². The van der Waals surface area contributed by atoms with Crippen molar-refractivity contribution in [3.05, 3.63) is 62.0 Å². The lowest BCUT2D eigenvalue weighted by Gasteiger charge is -2.10. The number of nitrogens with one attached hydrogen (secondary N) is 1. The van der Waals surface area contributed by atoms with Crippen molar-refractivity contribution < 1.29 is 0 Å². The van der Waals surface area contributed by atoms with Gasteiger partial charge in [0.15, 0.2) is 0 Å². The molecular weight excluding hydrogens is 354 g/mol. The van der Waals surface area contributed by atoms with Crippen molar-refractivity contribution in [2.24, 2.45) is 0 Å². The lowest BCUT2D eigenvalue weighted by Crippen LogP contribution is -2.00. The van der Waals surface area contributed by atoms with Gasteiger partial charge in [0.1, 0.15) is 0 Å². The maximum absolute atomic E-state index is 3.56. The zero-order valence-electron chi connectivity index (χ0n) is 10.4. The molecule has 0 heterocycles. The summed E-state index contributed by atoms with van der Waals surface area (Å²) in [7, 11) is 0. The highest BCUT2D eigenvalue weighted by molar-refractivity contribution is 9.10. The Labute approximate surface area is 125 Å². The minimum atomic E-state index is 0.820. The van der Waals surface area contributed by atoms with E-state index >= 15 is 0 Å². The van der Waals surface area contributed by atoms with Gasteiger partial charge >= 0.3 is 0 Å². The second-order valence-corrected chi connectivity index (χ2v) is 6.13. The van der Waals surface area contributed by atoms with Crippen molar-refractivity contribution in [1.29, 1.82) is 0 Å². The molecule has 0 aliphatic heterocycles. The van der Waals surface area contributed by atoms with Gasteiger partial charge in [0.2, 0.25) is 0 Å². The average molecular weight is 369 g/mol. The summed E-state index contributed by atoms with van der Waals surface area (Å²) in [5.41, 5.74) is 4.91. The number of anilines is 1. The minimum absolute atomic E-state index is 0.820. The molecule has 0 aliphatic rings. The molecule has 0 radical (unpaired) electrons. The number of hydrogen-bond acceptors (Lipinski definition) is 1. The van der Waals surface area contributed by atoms with Crippen molar-refractivity contribution in [3.63, 3.8) is 0 Å². The van der Waals surface area contributed by atoms with Crippen LogP contribution in [0.4, 0.5) is 5.69 Å². The van der Waals surface area contributed by atoms with Crippen LogP contribution in [0, 0.1) is 13.8 Å². The van der Waals surface area contributed by atoms with Crippen LogP contribution in [-0.2, 0) is 6.54 Å². The van der Waals surface area contributed by atoms with Gasteiger partial charge in [0.25, 0.3) is 0 Å². The first kappa shape index (κ1) is 13.6. The lowest BCUT2D eigenvalue weighted by molar-refractivity contribution is 1.13. The van der Waals surface area contributed by atoms with E-state index in [1.165, 1.54) is 16.7 Å². The predicted molar refractivity (Wildman–Crippen MR) is 85.1 cm³/mol. The van der Waals surface area contributed by atoms with Gasteiger partial charge in [0.05, 0.1) is 0 Å². The molecule has 0 atom stereocenters. The van der Waals surface area contributed by atoms with Crippen LogP contribution in [0.15, 0.2) is 45.3 Å². The third-order valence-corrected chi connectivity index (χ3v) is 4.39. The van der Waals surface area contributed by atoms with Crippen molar-refractivity contribution in [2.45, 2.75) is 20.4 Å². The maximum Gasteiger partial charge on any atom is 0.0489 e. The van der Waals surface area contributed by atoms with E-state index in [0.29, 0.717) is 0 Å². The lowest BCUT2D eigenvalue weighted by atomic mass is 10.1. The first-order chi connectivity index (χ1) is 8.56. The fourth-order valence-electron chi connectivity index (χ4n) is 1.72. The van der Waals surface area contributed by atoms with Gasteiger partial charge in [-0.3, -0.25) is 0 Å². The van der Waals surface area contributed by atoms with Crippen molar-refractivity contribution >= 4 is 37.5 Å². The zero-order valence-corrected chi connectivity index (χ0v) is 13.6. The topological polar surface area (TPSA) is 12.0 Å². The summed E-state index contributed by atoms with van der Waals surface area (Å²) in [4.78, 5) is 0. The Morgan fingerprint density at radius 2 is 1.72 bits per heavy atom. The molecule has 2 aromatic rings. The molecule has 1 N–H and O–H groups in total. The summed E-state index contributed by atoms with van der Waals surface area (Å²) >= 11 is 7.12. The third kappa shape index (κ3) is 3.36. The molecular formula is C15H15Br2N. The van der Waals surface area contributed by atoms with Gasteiger partial charge in [0, 0.05) is 21.2 Å². The van der Waals surface area contributed by atoms with Crippen LogP contribution in [0.2, 0.25) is 0 Å². The number of halogens is 2. The Bertz CT molecular complexity index is 564. The number of rotatable bonds is 3. The SMILES string of the molecule is Cc1ccc(Br)c(NCc2ccc(C)c(Br)c2)c1. The van der Waals surface area contributed by atoms with Crippen LogP contribution in [0.25, 0.3) is 0 Å². The molecule has 0 saturated carbocycles. The third-order valence-electron chi connectivity index (χ3n) is 2.84. The van der Waals surface area contributed by atoms with Gasteiger partial charge in [-0.05, 0) is 64.7 Å². The van der Waals surface area contributed by atoms with E-state index in [-0.39, 0.29) is 0 Å². The van der Waals surface area contributed by atoms with E-state index in [1.807, 2.05) is 0 Å². The molecule has 0 aromatic heterocycles. The normalized spacial score (nSPS) is 10.4. The second kappa shape index (κ2) is 5.89. The van der Waals surface area contributed by atoms with E-state index in [9.17, 15) is 0 Å². The summed E-state index contributed by atoms with van der Waals surface area (Å²) in [5, 5.41) is 3.45. The standard InChI is InChI=1S/C15H15Br2N/c1-10-3-6-13(16)15(7-10)18-9-12-5-4-11(2)14(17)8-12/h3-8,18H,9H2,1-2H3. The van der Waals surface area contributed by atoms with Crippen LogP contribution < -0.4 is 5.32 Å². The fraction of sp³-hybridized carbons (Fsp3) is 0.200. The fourth-order valence-corrected chi connectivity index (χ4v) is 2.53. The molecule has 0 bridgehead atoms. The molecule has 0 amide bonds. The van der Waals surface area contributed by atoms with Crippen LogP contribution in [0.5, 0.6) is 0 Å². The van der Waals surface area contributed by atoms with Crippen molar-refractivity contribution in [3.8, 4) is 0 Å². The molecule has 0 aliphatic carbocycles. The smallest absolute Gasteiger partial charge is 0.0489 e. The summed E-state index contributed by atoms with van der Waals surface area (Å²) in [5.74, 6) is 0. The zero-order chi connectivity index (χ0) is 13.1. The highest BCUT2D eigenvalue weighted by atomic mass is 79.9. The highest BCUT2D eigenvalue weighted by Crippen LogP contribution is 2.24. The molecule has 1 nitrogen and oxygen atoms in total. The van der Waals surface area contributed by atoms with E-state index in [1.54, 1.807) is 0 Å². The van der Waals surface area contributed by atoms with E-state index in [2.05, 4.69) is 87.4 Å². The monoisotopic (exact) mass is 367 g/mol. The van der Waals surface area contributed by atoms with E-state index in [0.717, 1.165) is 21.2 Å². The maximum atomic E-state index is 3.56. The summed E-state index contributed by atoms with van der Waals surface area (Å²) < 4.78 is 2.25. The van der Waals surface area contributed by atoms with Gasteiger partial charge < -0.3 is 5.32 Å². The molecule has 2 aromatic carbocycles. The summed E-state index contributed by atoms with van der Waals surface area (Å²) in [6, 6.07) is 12.8. The molecule has 18 heavy (non-hydrogen) atoms. The van der Waals surface area contributed by atoms with E-state index < -0.39 is 0 Å². The Morgan fingerprint density at radius 3 is 2.44 bits per heavy atom. The number of aryl methyl sites for hydroxylation is 2. The molecule has 0 saturated heterocycles. The van der Waals surface area contributed by atoms with Crippen molar-refractivity contribution in [2.75, 3.05) is 5.32 Å². The van der Waals surface area contributed by atoms with Gasteiger partial charge in [-0.15, -0.1) is 0 Å². The van der Waals surface area contributed by atoms with Crippen LogP contribution in [0.3, 0.4) is 0 Å². The van der Waals surface area contributed by atoms with Gasteiger partial charge in [-0.1, -0.05) is 34.1 Å².